The zero-order chi connectivity index (χ0) is 24.6. The Morgan fingerprint density at radius 3 is 2.33 bits per heavy atom. The van der Waals surface area contributed by atoms with Crippen LogP contribution in [0.5, 0.6) is 0 Å². The fourth-order valence-corrected chi connectivity index (χ4v) is 7.56. The van der Waals surface area contributed by atoms with Gasteiger partial charge in [0.25, 0.3) is 5.91 Å². The highest BCUT2D eigenvalue weighted by molar-refractivity contribution is 7.89. The highest BCUT2D eigenvalue weighted by Crippen LogP contribution is 2.42. The van der Waals surface area contributed by atoms with E-state index in [4.69, 9.17) is 0 Å². The number of sulfonamides is 2. The molecule has 0 aromatic heterocycles. The lowest BCUT2D eigenvalue weighted by Crippen LogP contribution is -2.43. The fraction of sp³-hybridized carbons (Fsp3) is 0.619. The first kappa shape index (κ1) is 25.6. The van der Waals surface area contributed by atoms with Gasteiger partial charge in [-0.05, 0) is 51.2 Å². The molecule has 2 aliphatic heterocycles. The Morgan fingerprint density at radius 2 is 1.79 bits per heavy atom. The molecule has 0 aliphatic carbocycles. The van der Waals surface area contributed by atoms with Gasteiger partial charge in [0.15, 0.2) is 0 Å². The van der Waals surface area contributed by atoms with Gasteiger partial charge in [-0.15, -0.1) is 0 Å². The summed E-state index contributed by atoms with van der Waals surface area (Å²) in [6.07, 6.45) is 2.28. The lowest BCUT2D eigenvalue weighted by Gasteiger charge is -2.26. The van der Waals surface area contributed by atoms with Gasteiger partial charge >= 0.3 is 0 Å². The molecule has 0 unspecified atom stereocenters. The maximum Gasteiger partial charge on any atom is 0.251 e. The van der Waals surface area contributed by atoms with Gasteiger partial charge < -0.3 is 10.2 Å². The third-order valence-corrected chi connectivity index (χ3v) is 9.22. The molecule has 0 saturated carbocycles. The lowest BCUT2D eigenvalue weighted by molar-refractivity contribution is -0.128. The Hall–Kier alpha value is -2.02. The van der Waals surface area contributed by atoms with Crippen molar-refractivity contribution < 1.29 is 26.4 Å². The minimum absolute atomic E-state index is 0.00787. The van der Waals surface area contributed by atoms with Crippen LogP contribution in [-0.4, -0.2) is 94.2 Å². The molecule has 2 heterocycles. The van der Waals surface area contributed by atoms with Crippen LogP contribution in [0, 0.1) is 5.92 Å². The molecule has 1 aromatic carbocycles. The second-order valence-corrected chi connectivity index (χ2v) is 12.6. The van der Waals surface area contributed by atoms with Gasteiger partial charge in [-0.2, -0.15) is 4.31 Å². The molecule has 2 saturated heterocycles. The van der Waals surface area contributed by atoms with Crippen molar-refractivity contribution in [2.24, 2.45) is 5.92 Å². The minimum atomic E-state index is -3.99. The van der Waals surface area contributed by atoms with E-state index in [1.807, 2.05) is 25.9 Å². The van der Waals surface area contributed by atoms with Crippen LogP contribution in [0.1, 0.15) is 36.5 Å². The molecular weight excluding hydrogens is 468 g/mol. The molecule has 33 heavy (non-hydrogen) atoms. The number of hydrogen-bond acceptors (Lipinski definition) is 7. The highest BCUT2D eigenvalue weighted by Gasteiger charge is 2.58. The molecule has 2 aliphatic rings. The summed E-state index contributed by atoms with van der Waals surface area (Å²) in [5.41, 5.74) is 0.343. The zero-order valence-electron chi connectivity index (χ0n) is 19.4. The zero-order valence-corrected chi connectivity index (χ0v) is 21.0. The van der Waals surface area contributed by atoms with Crippen LogP contribution in [0.4, 0.5) is 0 Å². The van der Waals surface area contributed by atoms with Crippen molar-refractivity contribution in [1.82, 2.24) is 18.8 Å². The minimum Gasteiger partial charge on any atom is -0.351 e. The molecule has 12 heteroatoms. The van der Waals surface area contributed by atoms with Gasteiger partial charge in [-0.3, -0.25) is 9.59 Å². The standard InChI is InChI=1S/C21H32N4O6S2/c1-5-6-17-19-18(25(21(17)27)32(4,28)29)11-13-24(19)33(30,31)16-9-7-15(8-10-16)20(26)22-12-14-23(2)3/h7-10,17-19H,5-6,11-14H2,1-4H3,(H,22,26)/t17-,18+,19-/m1/s1. The van der Waals surface area contributed by atoms with Crippen molar-refractivity contribution in [3.8, 4) is 0 Å². The smallest absolute Gasteiger partial charge is 0.251 e. The lowest BCUT2D eigenvalue weighted by atomic mass is 9.95. The second-order valence-electron chi connectivity index (χ2n) is 8.84. The van der Waals surface area contributed by atoms with E-state index < -0.39 is 44.0 Å². The Balaban J connectivity index is 1.84. The van der Waals surface area contributed by atoms with Crippen molar-refractivity contribution in [1.29, 1.82) is 0 Å². The number of likely N-dealkylation sites (N-methyl/N-ethyl adjacent to an activating group) is 1. The summed E-state index contributed by atoms with van der Waals surface area (Å²) < 4.78 is 53.6. The molecule has 3 rings (SSSR count). The van der Waals surface area contributed by atoms with Crippen molar-refractivity contribution in [2.75, 3.05) is 40.0 Å². The summed E-state index contributed by atoms with van der Waals surface area (Å²) in [4.78, 5) is 27.1. The summed E-state index contributed by atoms with van der Waals surface area (Å²) >= 11 is 0. The predicted molar refractivity (Wildman–Crippen MR) is 124 cm³/mol. The van der Waals surface area contributed by atoms with Crippen LogP contribution in [0.2, 0.25) is 0 Å². The van der Waals surface area contributed by atoms with E-state index in [0.717, 1.165) is 10.6 Å². The van der Waals surface area contributed by atoms with Gasteiger partial charge in [0.2, 0.25) is 26.0 Å². The van der Waals surface area contributed by atoms with Crippen LogP contribution in [0.15, 0.2) is 29.2 Å². The van der Waals surface area contributed by atoms with E-state index in [1.54, 1.807) is 0 Å². The molecule has 1 aromatic rings. The predicted octanol–water partition coefficient (Wildman–Crippen LogP) is 0.328. The van der Waals surface area contributed by atoms with Gasteiger partial charge in [0, 0.05) is 25.2 Å². The van der Waals surface area contributed by atoms with Gasteiger partial charge in [-0.1, -0.05) is 13.3 Å². The summed E-state index contributed by atoms with van der Waals surface area (Å²) in [6.45, 7) is 3.15. The largest absolute Gasteiger partial charge is 0.351 e. The number of benzene rings is 1. The number of rotatable bonds is 9. The topological polar surface area (TPSA) is 124 Å². The molecule has 0 radical (unpaired) electrons. The molecule has 1 N–H and O–H groups in total. The van der Waals surface area contributed by atoms with Crippen molar-refractivity contribution in [2.45, 2.75) is 43.2 Å². The number of carbonyl (C=O) groups excluding carboxylic acids is 2. The van der Waals surface area contributed by atoms with E-state index >= 15 is 0 Å². The normalized spacial score (nSPS) is 23.8. The monoisotopic (exact) mass is 500 g/mol. The number of nitrogens with zero attached hydrogens (tertiary/aromatic N) is 3. The Morgan fingerprint density at radius 1 is 1.15 bits per heavy atom. The van der Waals surface area contributed by atoms with Crippen LogP contribution in [-0.2, 0) is 24.8 Å². The number of fused-ring (bicyclic) bond motifs is 1. The molecule has 2 fully saturated rings. The fourth-order valence-electron chi connectivity index (χ4n) is 4.67. The first-order valence-electron chi connectivity index (χ1n) is 11.0. The Bertz CT molecular complexity index is 1100. The van der Waals surface area contributed by atoms with E-state index in [9.17, 15) is 26.4 Å². The van der Waals surface area contributed by atoms with Crippen LogP contribution < -0.4 is 5.32 Å². The number of carbonyl (C=O) groups is 2. The van der Waals surface area contributed by atoms with Gasteiger partial charge in [-0.25, -0.2) is 21.1 Å². The van der Waals surface area contributed by atoms with Crippen molar-refractivity contribution >= 4 is 31.9 Å². The van der Waals surface area contributed by atoms with E-state index in [1.165, 1.54) is 28.6 Å². The Labute approximate surface area is 196 Å². The van der Waals surface area contributed by atoms with E-state index in [2.05, 4.69) is 5.32 Å². The highest BCUT2D eigenvalue weighted by atomic mass is 32.2. The molecule has 2 amide bonds. The molecular formula is C21H32N4O6S2. The second kappa shape index (κ2) is 9.69. The van der Waals surface area contributed by atoms with Crippen molar-refractivity contribution in [3.05, 3.63) is 29.8 Å². The van der Waals surface area contributed by atoms with Crippen LogP contribution >= 0.6 is 0 Å². The Kier molecular flexibility index (Phi) is 7.52. The number of amides is 2. The summed E-state index contributed by atoms with van der Waals surface area (Å²) in [7, 11) is -4.00. The number of nitrogens with one attached hydrogen (secondary N) is 1. The molecule has 0 spiro atoms. The average molecular weight is 501 g/mol. The maximum atomic E-state index is 13.5. The summed E-state index contributed by atoms with van der Waals surface area (Å²) in [5.74, 6) is -1.53. The van der Waals surface area contributed by atoms with Crippen LogP contribution in [0.3, 0.4) is 0 Å². The molecule has 10 nitrogen and oxygen atoms in total. The first-order chi connectivity index (χ1) is 15.4. The van der Waals surface area contributed by atoms with Crippen LogP contribution in [0.25, 0.3) is 0 Å². The van der Waals surface area contributed by atoms with Gasteiger partial charge in [0.05, 0.1) is 29.2 Å². The third kappa shape index (κ3) is 5.08. The molecule has 3 atom stereocenters. The summed E-state index contributed by atoms with van der Waals surface area (Å²) in [5, 5.41) is 2.78. The van der Waals surface area contributed by atoms with E-state index in [0.29, 0.717) is 31.5 Å². The third-order valence-electron chi connectivity index (χ3n) is 6.14. The van der Waals surface area contributed by atoms with Crippen molar-refractivity contribution in [3.63, 3.8) is 0 Å². The summed E-state index contributed by atoms with van der Waals surface area (Å²) in [6, 6.07) is 4.24. The quantitative estimate of drug-likeness (QED) is 0.518. The first-order valence-corrected chi connectivity index (χ1v) is 14.3. The average Bonchev–Trinajstić information content (AvgIpc) is 3.26. The molecule has 0 bridgehead atoms. The number of hydrogen-bond donors (Lipinski definition) is 1. The SMILES string of the molecule is CCC[C@H]1C(=O)N(S(C)(=O)=O)[C@H]2CCN(S(=O)(=O)c3ccc(C(=O)NCCN(C)C)cc3)[C@H]12. The molecule has 184 valence electrons. The maximum absolute atomic E-state index is 13.5. The van der Waals surface area contributed by atoms with E-state index in [-0.39, 0.29) is 23.8 Å². The van der Waals surface area contributed by atoms with Gasteiger partial charge in [0.1, 0.15) is 0 Å².